The zero-order chi connectivity index (χ0) is 14.5. The van der Waals surface area contributed by atoms with Crippen LogP contribution in [-0.4, -0.2) is 24.3 Å². The first-order valence-corrected chi connectivity index (χ1v) is 8.20. The van der Waals surface area contributed by atoms with E-state index in [1.54, 1.807) is 17.5 Å². The molecule has 0 radical (unpaired) electrons. The zero-order valence-corrected chi connectivity index (χ0v) is 12.9. The van der Waals surface area contributed by atoms with Gasteiger partial charge in [0.05, 0.1) is 13.2 Å². The fourth-order valence-corrected chi connectivity index (χ4v) is 3.07. The van der Waals surface area contributed by atoms with E-state index in [9.17, 15) is 0 Å². The van der Waals surface area contributed by atoms with Crippen molar-refractivity contribution in [2.45, 2.75) is 32.0 Å². The number of ether oxygens (including phenoxy) is 2. The third kappa shape index (κ3) is 4.03. The lowest BCUT2D eigenvalue weighted by atomic mass is 10.1. The highest BCUT2D eigenvalue weighted by Crippen LogP contribution is 2.18. The Morgan fingerprint density at radius 1 is 1.52 bits per heavy atom. The van der Waals surface area contributed by atoms with Gasteiger partial charge in [0, 0.05) is 31.3 Å². The van der Waals surface area contributed by atoms with Crippen molar-refractivity contribution < 1.29 is 9.47 Å². The normalized spacial score (nSPS) is 19.6. The molecule has 2 aromatic rings. The van der Waals surface area contributed by atoms with Crippen LogP contribution >= 0.6 is 11.3 Å². The molecule has 2 aromatic heterocycles. The molecule has 1 fully saturated rings. The maximum absolute atomic E-state index is 5.83. The van der Waals surface area contributed by atoms with Gasteiger partial charge in [0.25, 0.3) is 0 Å². The van der Waals surface area contributed by atoms with Crippen LogP contribution in [0.15, 0.2) is 35.2 Å². The number of aromatic nitrogens is 1. The van der Waals surface area contributed by atoms with E-state index in [1.165, 1.54) is 11.1 Å². The highest BCUT2D eigenvalue weighted by atomic mass is 32.1. The fourth-order valence-electron chi connectivity index (χ4n) is 2.31. The Morgan fingerprint density at radius 2 is 2.48 bits per heavy atom. The van der Waals surface area contributed by atoms with Crippen molar-refractivity contribution in [3.8, 4) is 5.88 Å². The summed E-state index contributed by atoms with van der Waals surface area (Å²) in [5, 5.41) is 7.81. The third-order valence-corrected chi connectivity index (χ3v) is 4.33. The molecule has 1 saturated heterocycles. The standard InChI is InChI=1S/C16H20N2O2S/c1-12(14-4-7-21-11-14)18-9-13-2-5-17-16(8-13)20-15-3-6-19-10-15/h2,4-5,7-8,11-12,15,18H,3,6,9-10H2,1H3. The summed E-state index contributed by atoms with van der Waals surface area (Å²) in [6, 6.07) is 6.53. The summed E-state index contributed by atoms with van der Waals surface area (Å²) in [6.07, 6.45) is 2.89. The van der Waals surface area contributed by atoms with Gasteiger partial charge >= 0.3 is 0 Å². The van der Waals surface area contributed by atoms with Crippen molar-refractivity contribution in [1.29, 1.82) is 0 Å². The Labute approximate surface area is 129 Å². The van der Waals surface area contributed by atoms with Gasteiger partial charge in [-0.25, -0.2) is 4.98 Å². The summed E-state index contributed by atoms with van der Waals surface area (Å²) in [5.41, 5.74) is 2.51. The predicted molar refractivity (Wildman–Crippen MR) is 83.7 cm³/mol. The molecule has 0 aliphatic carbocycles. The first-order chi connectivity index (χ1) is 10.3. The Morgan fingerprint density at radius 3 is 3.24 bits per heavy atom. The number of hydrogen-bond donors (Lipinski definition) is 1. The Hall–Kier alpha value is -1.43. The molecule has 4 nitrogen and oxygen atoms in total. The van der Waals surface area contributed by atoms with Crippen molar-refractivity contribution in [1.82, 2.24) is 10.3 Å². The number of nitrogens with zero attached hydrogens (tertiary/aromatic N) is 1. The van der Waals surface area contributed by atoms with Crippen LogP contribution in [0.2, 0.25) is 0 Å². The molecule has 2 atom stereocenters. The van der Waals surface area contributed by atoms with Crippen LogP contribution in [0.5, 0.6) is 5.88 Å². The molecular formula is C16H20N2O2S. The van der Waals surface area contributed by atoms with Gasteiger partial charge in [-0.15, -0.1) is 0 Å². The molecule has 1 N–H and O–H groups in total. The lowest BCUT2D eigenvalue weighted by molar-refractivity contribution is 0.138. The summed E-state index contributed by atoms with van der Waals surface area (Å²) >= 11 is 1.73. The first kappa shape index (κ1) is 14.5. The van der Waals surface area contributed by atoms with Crippen LogP contribution < -0.4 is 10.1 Å². The lowest BCUT2D eigenvalue weighted by Crippen LogP contribution is -2.18. The molecule has 1 aliphatic heterocycles. The molecule has 112 valence electrons. The summed E-state index contributed by atoms with van der Waals surface area (Å²) in [6.45, 7) is 4.43. The number of nitrogens with one attached hydrogen (secondary N) is 1. The van der Waals surface area contributed by atoms with Gasteiger partial charge in [-0.3, -0.25) is 0 Å². The van der Waals surface area contributed by atoms with E-state index in [2.05, 4.69) is 34.1 Å². The predicted octanol–water partition coefficient (Wildman–Crippen LogP) is 3.16. The van der Waals surface area contributed by atoms with Gasteiger partial charge < -0.3 is 14.8 Å². The van der Waals surface area contributed by atoms with E-state index < -0.39 is 0 Å². The minimum Gasteiger partial charge on any atom is -0.472 e. The molecule has 0 bridgehead atoms. The van der Waals surface area contributed by atoms with E-state index in [1.807, 2.05) is 12.1 Å². The second-order valence-electron chi connectivity index (χ2n) is 5.27. The molecule has 0 spiro atoms. The Kier molecular flexibility index (Phi) is 4.85. The number of pyridine rings is 1. The maximum Gasteiger partial charge on any atom is 0.213 e. The van der Waals surface area contributed by atoms with Crippen LogP contribution in [0.1, 0.15) is 30.5 Å². The quantitative estimate of drug-likeness (QED) is 0.890. The highest BCUT2D eigenvalue weighted by molar-refractivity contribution is 7.07. The zero-order valence-electron chi connectivity index (χ0n) is 12.1. The van der Waals surface area contributed by atoms with E-state index in [4.69, 9.17) is 9.47 Å². The van der Waals surface area contributed by atoms with E-state index in [0.717, 1.165) is 19.6 Å². The summed E-state index contributed by atoms with van der Waals surface area (Å²) in [7, 11) is 0. The smallest absolute Gasteiger partial charge is 0.213 e. The molecule has 0 aromatic carbocycles. The van der Waals surface area contributed by atoms with Gasteiger partial charge in [-0.05, 0) is 40.9 Å². The van der Waals surface area contributed by atoms with E-state index in [-0.39, 0.29) is 6.10 Å². The first-order valence-electron chi connectivity index (χ1n) is 7.26. The van der Waals surface area contributed by atoms with Crippen molar-refractivity contribution in [3.63, 3.8) is 0 Å². The van der Waals surface area contributed by atoms with E-state index >= 15 is 0 Å². The minimum atomic E-state index is 0.144. The number of rotatable bonds is 6. The molecule has 21 heavy (non-hydrogen) atoms. The number of thiophene rings is 1. The summed E-state index contributed by atoms with van der Waals surface area (Å²) in [5.74, 6) is 0.688. The van der Waals surface area contributed by atoms with Gasteiger partial charge in [-0.1, -0.05) is 0 Å². The largest absolute Gasteiger partial charge is 0.472 e. The molecule has 5 heteroatoms. The van der Waals surface area contributed by atoms with Gasteiger partial charge in [-0.2, -0.15) is 11.3 Å². The second kappa shape index (κ2) is 7.02. The fraction of sp³-hybridized carbons (Fsp3) is 0.438. The molecule has 3 rings (SSSR count). The highest BCUT2D eigenvalue weighted by Gasteiger charge is 2.17. The van der Waals surface area contributed by atoms with Crippen molar-refractivity contribution in [2.75, 3.05) is 13.2 Å². The number of hydrogen-bond acceptors (Lipinski definition) is 5. The lowest BCUT2D eigenvalue weighted by Gasteiger charge is -2.14. The monoisotopic (exact) mass is 304 g/mol. The molecule has 1 aliphatic rings. The Balaban J connectivity index is 1.55. The van der Waals surface area contributed by atoms with Crippen LogP contribution in [-0.2, 0) is 11.3 Å². The van der Waals surface area contributed by atoms with Gasteiger partial charge in [0.1, 0.15) is 6.10 Å². The van der Waals surface area contributed by atoms with Gasteiger partial charge in [0.15, 0.2) is 0 Å². The SMILES string of the molecule is CC(NCc1ccnc(OC2CCOC2)c1)c1ccsc1. The summed E-state index contributed by atoms with van der Waals surface area (Å²) < 4.78 is 11.1. The van der Waals surface area contributed by atoms with Crippen molar-refractivity contribution >= 4 is 11.3 Å². The van der Waals surface area contributed by atoms with Crippen molar-refractivity contribution in [2.24, 2.45) is 0 Å². The third-order valence-electron chi connectivity index (χ3n) is 3.63. The average molecular weight is 304 g/mol. The van der Waals surface area contributed by atoms with Gasteiger partial charge in [0.2, 0.25) is 5.88 Å². The minimum absolute atomic E-state index is 0.144. The molecule has 0 amide bonds. The van der Waals surface area contributed by atoms with Crippen LogP contribution in [0.25, 0.3) is 0 Å². The second-order valence-corrected chi connectivity index (χ2v) is 6.05. The van der Waals surface area contributed by atoms with Crippen molar-refractivity contribution in [3.05, 3.63) is 46.3 Å². The molecule has 0 saturated carbocycles. The topological polar surface area (TPSA) is 43.4 Å². The van der Waals surface area contributed by atoms with Crippen LogP contribution in [0.3, 0.4) is 0 Å². The Bertz CT molecular complexity index is 553. The average Bonchev–Trinajstić information content (AvgIpc) is 3.18. The molecule has 3 heterocycles. The maximum atomic E-state index is 5.83. The summed E-state index contributed by atoms with van der Waals surface area (Å²) in [4.78, 5) is 4.28. The van der Waals surface area contributed by atoms with Crippen LogP contribution in [0.4, 0.5) is 0 Å². The molecule has 2 unspecified atom stereocenters. The van der Waals surface area contributed by atoms with Crippen LogP contribution in [0, 0.1) is 0 Å². The van der Waals surface area contributed by atoms with E-state index in [0.29, 0.717) is 18.5 Å². The molecular weight excluding hydrogens is 284 g/mol.